The maximum absolute atomic E-state index is 15.0. The van der Waals surface area contributed by atoms with Crippen molar-refractivity contribution in [3.8, 4) is 28.1 Å². The summed E-state index contributed by atoms with van der Waals surface area (Å²) in [6.45, 7) is -0.0999. The molecule has 2 N–H and O–H groups in total. The lowest BCUT2D eigenvalue weighted by atomic mass is 9.99. The van der Waals surface area contributed by atoms with Crippen LogP contribution in [0.25, 0.3) is 44.5 Å². The molecule has 0 unspecified atom stereocenters. The molecular weight excluding hydrogens is 489 g/mol. The molecular formula is C27H28FN7O3. The number of hydrogen-bond acceptors (Lipinski definition) is 5. The van der Waals surface area contributed by atoms with Gasteiger partial charge in [0.05, 0.1) is 33.9 Å². The van der Waals surface area contributed by atoms with Gasteiger partial charge in [0, 0.05) is 38.9 Å². The zero-order chi connectivity index (χ0) is 26.6. The molecule has 1 aliphatic carbocycles. The Balaban J connectivity index is 1.63. The van der Waals surface area contributed by atoms with Gasteiger partial charge in [-0.2, -0.15) is 4.39 Å². The minimum absolute atomic E-state index is 0.0830. The maximum Gasteiger partial charge on any atom is 0.329 e. The first-order chi connectivity index (χ1) is 18.4. The zero-order valence-corrected chi connectivity index (χ0v) is 21.4. The Labute approximate surface area is 217 Å². The molecule has 11 heteroatoms. The van der Waals surface area contributed by atoms with Gasteiger partial charge in [0.1, 0.15) is 11.4 Å². The summed E-state index contributed by atoms with van der Waals surface area (Å²) in [5.74, 6) is -0.317. The number of rotatable bonds is 6. The molecule has 4 heterocycles. The number of imidazole rings is 1. The SMILES string of the molecule is CNC(=O)COc1ccc(-c2c(-c3cn(C)nc3F)[nH]c3ncc4c(c23)n(C2CCCC2)c(=O)n4C)cc1. The smallest absolute Gasteiger partial charge is 0.329 e. The van der Waals surface area contributed by atoms with Crippen LogP contribution in [-0.2, 0) is 18.9 Å². The molecule has 10 nitrogen and oxygen atoms in total. The highest BCUT2D eigenvalue weighted by molar-refractivity contribution is 6.14. The third kappa shape index (κ3) is 3.77. The minimum atomic E-state index is -0.608. The molecule has 0 radical (unpaired) electrons. The van der Waals surface area contributed by atoms with Gasteiger partial charge in [-0.3, -0.25) is 18.6 Å². The Morgan fingerprint density at radius 1 is 1.21 bits per heavy atom. The number of halogens is 1. The summed E-state index contributed by atoms with van der Waals surface area (Å²) >= 11 is 0. The Morgan fingerprint density at radius 2 is 1.95 bits per heavy atom. The molecule has 196 valence electrons. The van der Waals surface area contributed by atoms with Gasteiger partial charge in [-0.15, -0.1) is 5.10 Å². The molecule has 1 amide bonds. The van der Waals surface area contributed by atoms with E-state index < -0.39 is 5.95 Å². The van der Waals surface area contributed by atoms with E-state index in [2.05, 4.69) is 20.4 Å². The Morgan fingerprint density at radius 3 is 2.61 bits per heavy atom. The quantitative estimate of drug-likeness (QED) is 0.357. The summed E-state index contributed by atoms with van der Waals surface area (Å²) in [6.07, 6.45) is 7.34. The van der Waals surface area contributed by atoms with E-state index in [4.69, 9.17) is 4.74 Å². The fourth-order valence-corrected chi connectivity index (χ4v) is 5.54. The van der Waals surface area contributed by atoms with Crippen LogP contribution in [-0.4, -0.2) is 48.4 Å². The second kappa shape index (κ2) is 9.16. The molecule has 38 heavy (non-hydrogen) atoms. The number of carbonyl (C=O) groups excluding carboxylic acids is 1. The number of benzene rings is 1. The Bertz CT molecular complexity index is 1740. The Hall–Kier alpha value is -4.41. The number of likely N-dealkylation sites (N-methyl/N-ethyl adjacent to an activating group) is 1. The van der Waals surface area contributed by atoms with Crippen molar-refractivity contribution >= 4 is 28.0 Å². The summed E-state index contributed by atoms with van der Waals surface area (Å²) in [6, 6.07) is 7.35. The van der Waals surface area contributed by atoms with Gasteiger partial charge in [-0.25, -0.2) is 9.78 Å². The van der Waals surface area contributed by atoms with Crippen molar-refractivity contribution in [1.82, 2.24) is 34.2 Å². The molecule has 1 aromatic carbocycles. The van der Waals surface area contributed by atoms with Crippen LogP contribution in [0.5, 0.6) is 5.75 Å². The summed E-state index contributed by atoms with van der Waals surface area (Å²) in [7, 11) is 4.98. The summed E-state index contributed by atoms with van der Waals surface area (Å²) in [5, 5.41) is 7.19. The van der Waals surface area contributed by atoms with E-state index in [-0.39, 0.29) is 24.2 Å². The first-order valence-corrected chi connectivity index (χ1v) is 12.6. The minimum Gasteiger partial charge on any atom is -0.484 e. The first kappa shape index (κ1) is 24.0. The van der Waals surface area contributed by atoms with E-state index in [1.54, 1.807) is 50.2 Å². The predicted molar refractivity (Wildman–Crippen MR) is 141 cm³/mol. The van der Waals surface area contributed by atoms with Gasteiger partial charge in [0.2, 0.25) is 5.95 Å². The van der Waals surface area contributed by atoms with Crippen LogP contribution in [0.15, 0.2) is 41.5 Å². The van der Waals surface area contributed by atoms with Gasteiger partial charge >= 0.3 is 5.69 Å². The lowest BCUT2D eigenvalue weighted by Crippen LogP contribution is -2.24. The number of nitrogens with zero attached hydrogens (tertiary/aromatic N) is 5. The van der Waals surface area contributed by atoms with Crippen molar-refractivity contribution in [2.45, 2.75) is 31.7 Å². The highest BCUT2D eigenvalue weighted by Crippen LogP contribution is 2.43. The number of ether oxygens (including phenoxy) is 1. The number of hydrogen-bond donors (Lipinski definition) is 2. The van der Waals surface area contributed by atoms with E-state index in [1.807, 2.05) is 16.7 Å². The average Bonchev–Trinajstić information content (AvgIpc) is 3.69. The second-order valence-electron chi connectivity index (χ2n) is 9.73. The predicted octanol–water partition coefficient (Wildman–Crippen LogP) is 3.66. The fraction of sp³-hybridized carbons (Fsp3) is 0.333. The van der Waals surface area contributed by atoms with E-state index in [1.165, 1.54) is 4.68 Å². The van der Waals surface area contributed by atoms with Gasteiger partial charge in [0.15, 0.2) is 6.61 Å². The molecule has 6 rings (SSSR count). The van der Waals surface area contributed by atoms with Crippen LogP contribution < -0.4 is 15.7 Å². The highest BCUT2D eigenvalue weighted by Gasteiger charge is 2.28. The third-order valence-electron chi connectivity index (χ3n) is 7.41. The number of nitrogens with one attached hydrogen (secondary N) is 2. The number of fused-ring (bicyclic) bond motifs is 3. The topological polar surface area (TPSA) is 112 Å². The first-order valence-electron chi connectivity index (χ1n) is 12.6. The lowest BCUT2D eigenvalue weighted by Gasteiger charge is -2.13. The normalized spacial score (nSPS) is 14.1. The number of aryl methyl sites for hydroxylation is 2. The van der Waals surface area contributed by atoms with Crippen LogP contribution in [0.1, 0.15) is 31.7 Å². The lowest BCUT2D eigenvalue weighted by molar-refractivity contribution is -0.122. The largest absolute Gasteiger partial charge is 0.484 e. The molecule has 1 aliphatic rings. The molecule has 0 atom stereocenters. The molecule has 0 bridgehead atoms. The molecule has 5 aromatic rings. The van der Waals surface area contributed by atoms with Crippen molar-refractivity contribution in [1.29, 1.82) is 0 Å². The number of carbonyl (C=O) groups is 1. The zero-order valence-electron chi connectivity index (χ0n) is 21.4. The standard InChI is InChI=1S/C27H28FN7O3/c1-29-20(36)14-38-17-10-8-15(9-11-17)21-22-24-19(34(3)27(37)35(24)16-6-4-5-7-16)12-30-26(22)31-23(21)18-13-33(2)32-25(18)28/h8-13,16H,4-7,14H2,1-3H3,(H,29,36)(H,30,31). The summed E-state index contributed by atoms with van der Waals surface area (Å²) < 4.78 is 25.5. The van der Waals surface area contributed by atoms with Crippen LogP contribution in [0.2, 0.25) is 0 Å². The fourth-order valence-electron chi connectivity index (χ4n) is 5.54. The van der Waals surface area contributed by atoms with E-state index in [0.29, 0.717) is 22.7 Å². The number of H-pyrrole nitrogens is 1. The van der Waals surface area contributed by atoms with E-state index in [9.17, 15) is 9.59 Å². The van der Waals surface area contributed by atoms with Gasteiger partial charge in [0.25, 0.3) is 5.91 Å². The van der Waals surface area contributed by atoms with Gasteiger partial charge < -0.3 is 15.0 Å². The van der Waals surface area contributed by atoms with Gasteiger partial charge in [-0.1, -0.05) is 25.0 Å². The molecule has 1 fully saturated rings. The van der Waals surface area contributed by atoms with Crippen molar-refractivity contribution in [2.75, 3.05) is 13.7 Å². The van der Waals surface area contributed by atoms with Crippen molar-refractivity contribution in [3.63, 3.8) is 0 Å². The molecule has 0 aliphatic heterocycles. The van der Waals surface area contributed by atoms with Crippen molar-refractivity contribution in [2.24, 2.45) is 14.1 Å². The molecule has 4 aromatic heterocycles. The van der Waals surface area contributed by atoms with Crippen molar-refractivity contribution < 1.29 is 13.9 Å². The van der Waals surface area contributed by atoms with E-state index in [0.717, 1.165) is 53.2 Å². The third-order valence-corrected chi connectivity index (χ3v) is 7.41. The van der Waals surface area contributed by atoms with Crippen LogP contribution in [0, 0.1) is 5.95 Å². The average molecular weight is 518 g/mol. The maximum atomic E-state index is 15.0. The number of aromatic nitrogens is 6. The van der Waals surface area contributed by atoms with Crippen LogP contribution >= 0.6 is 0 Å². The number of pyridine rings is 1. The Kier molecular flexibility index (Phi) is 5.77. The number of aromatic amines is 1. The van der Waals surface area contributed by atoms with Crippen molar-refractivity contribution in [3.05, 3.63) is 53.1 Å². The molecule has 1 saturated carbocycles. The summed E-state index contributed by atoms with van der Waals surface area (Å²) in [4.78, 5) is 33.0. The molecule has 0 spiro atoms. The number of amides is 1. The highest BCUT2D eigenvalue weighted by atomic mass is 19.1. The van der Waals surface area contributed by atoms with E-state index >= 15 is 4.39 Å². The second-order valence-corrected chi connectivity index (χ2v) is 9.73. The van der Waals surface area contributed by atoms with Crippen LogP contribution in [0.3, 0.4) is 0 Å². The monoisotopic (exact) mass is 517 g/mol. The molecule has 0 saturated heterocycles. The van der Waals surface area contributed by atoms with Crippen LogP contribution in [0.4, 0.5) is 4.39 Å². The summed E-state index contributed by atoms with van der Waals surface area (Å²) in [5.41, 5.74) is 4.32. The van der Waals surface area contributed by atoms with Gasteiger partial charge in [-0.05, 0) is 30.5 Å².